The number of benzene rings is 2. The second kappa shape index (κ2) is 9.00. The van der Waals surface area contributed by atoms with E-state index in [0.717, 1.165) is 19.6 Å². The number of carbonyl (C=O) groups excluding carboxylic acids is 1. The van der Waals surface area contributed by atoms with Crippen molar-refractivity contribution in [2.24, 2.45) is 0 Å². The van der Waals surface area contributed by atoms with Crippen molar-refractivity contribution in [3.8, 4) is 0 Å². The fourth-order valence-corrected chi connectivity index (χ4v) is 3.68. The molecule has 30 heavy (non-hydrogen) atoms. The van der Waals surface area contributed by atoms with Crippen LogP contribution in [0, 0.1) is 0 Å². The Balaban J connectivity index is 1.35. The van der Waals surface area contributed by atoms with E-state index in [2.05, 4.69) is 39.5 Å². The minimum Gasteiger partial charge on any atom is -0.338 e. The lowest BCUT2D eigenvalue weighted by molar-refractivity contribution is -0.136. The van der Waals surface area contributed by atoms with Gasteiger partial charge in [-0.05, 0) is 24.6 Å². The average molecular weight is 403 g/mol. The molecule has 1 aliphatic rings. The van der Waals surface area contributed by atoms with E-state index < -0.39 is 6.04 Å². The van der Waals surface area contributed by atoms with Crippen molar-refractivity contribution >= 4 is 22.9 Å². The van der Waals surface area contributed by atoms with E-state index in [-0.39, 0.29) is 11.5 Å². The van der Waals surface area contributed by atoms with Crippen LogP contribution in [-0.2, 0) is 4.79 Å². The Bertz CT molecular complexity index is 1100. The maximum absolute atomic E-state index is 13.0. The molecule has 0 bridgehead atoms. The van der Waals surface area contributed by atoms with Crippen molar-refractivity contribution in [2.45, 2.75) is 13.0 Å². The molecule has 0 N–H and O–H groups in total. The zero-order chi connectivity index (χ0) is 20.9. The number of hydrogen-bond acceptors (Lipinski definition) is 5. The first-order valence-electron chi connectivity index (χ1n) is 10.2. The molecule has 1 amide bonds. The van der Waals surface area contributed by atoms with Crippen LogP contribution in [0.25, 0.3) is 17.0 Å². The van der Waals surface area contributed by atoms with E-state index in [1.54, 1.807) is 25.1 Å². The van der Waals surface area contributed by atoms with Crippen LogP contribution in [0.5, 0.6) is 0 Å². The van der Waals surface area contributed by atoms with Gasteiger partial charge in [0.05, 0.1) is 5.39 Å². The number of rotatable bonds is 5. The molecule has 0 spiro atoms. The third kappa shape index (κ3) is 4.31. The van der Waals surface area contributed by atoms with Gasteiger partial charge in [0.15, 0.2) is 0 Å². The quantitative estimate of drug-likeness (QED) is 0.653. The van der Waals surface area contributed by atoms with Gasteiger partial charge in [0.2, 0.25) is 5.91 Å². The Labute approximate surface area is 175 Å². The minimum atomic E-state index is -0.681. The molecular weight excluding hydrogens is 378 g/mol. The zero-order valence-electron chi connectivity index (χ0n) is 17.0. The van der Waals surface area contributed by atoms with Gasteiger partial charge in [0.1, 0.15) is 11.6 Å². The standard InChI is InChI=1S/C23H25N5O2/c1-18(28-23(30)20-11-5-6-12-21(20)24-25-28)22(29)27-16-14-26(15-17-27)13-7-10-19-8-3-2-4-9-19/h2-12,18H,13-17H2,1H3. The summed E-state index contributed by atoms with van der Waals surface area (Å²) in [4.78, 5) is 29.8. The molecular formula is C23H25N5O2. The first kappa shape index (κ1) is 20.0. The van der Waals surface area contributed by atoms with Crippen LogP contribution in [0.1, 0.15) is 18.5 Å². The number of piperazine rings is 1. The number of nitrogens with zero attached hydrogens (tertiary/aromatic N) is 5. The molecule has 154 valence electrons. The predicted molar refractivity (Wildman–Crippen MR) is 117 cm³/mol. The van der Waals surface area contributed by atoms with Crippen LogP contribution >= 0.6 is 0 Å². The number of amides is 1. The first-order chi connectivity index (χ1) is 14.6. The van der Waals surface area contributed by atoms with Gasteiger partial charge in [-0.1, -0.05) is 59.8 Å². The molecule has 7 nitrogen and oxygen atoms in total. The summed E-state index contributed by atoms with van der Waals surface area (Å²) in [5, 5.41) is 8.56. The molecule has 0 saturated carbocycles. The largest absolute Gasteiger partial charge is 0.338 e. The monoisotopic (exact) mass is 403 g/mol. The van der Waals surface area contributed by atoms with Crippen LogP contribution in [0.3, 0.4) is 0 Å². The summed E-state index contributed by atoms with van der Waals surface area (Å²) in [6.07, 6.45) is 4.27. The second-order valence-corrected chi connectivity index (χ2v) is 7.47. The highest BCUT2D eigenvalue weighted by Crippen LogP contribution is 2.12. The van der Waals surface area contributed by atoms with Crippen LogP contribution in [0.4, 0.5) is 0 Å². The summed E-state index contributed by atoms with van der Waals surface area (Å²) >= 11 is 0. The fraction of sp³-hybridized carbons (Fsp3) is 0.304. The maximum atomic E-state index is 13.0. The molecule has 2 aromatic carbocycles. The van der Waals surface area contributed by atoms with Crippen molar-refractivity contribution in [3.63, 3.8) is 0 Å². The molecule has 0 radical (unpaired) electrons. The SMILES string of the molecule is CC(C(=O)N1CCN(CC=Cc2ccccc2)CC1)n1nnc2ccccc2c1=O. The lowest BCUT2D eigenvalue weighted by Gasteiger charge is -2.35. The summed E-state index contributed by atoms with van der Waals surface area (Å²) in [5.41, 5.74) is 1.43. The lowest BCUT2D eigenvalue weighted by atomic mass is 10.2. The Morgan fingerprint density at radius 3 is 2.50 bits per heavy atom. The van der Waals surface area contributed by atoms with Gasteiger partial charge in [-0.2, -0.15) is 4.68 Å². The molecule has 7 heteroatoms. The molecule has 3 aromatic rings. The van der Waals surface area contributed by atoms with Crippen LogP contribution in [-0.4, -0.2) is 63.4 Å². The molecule has 2 heterocycles. The van der Waals surface area contributed by atoms with E-state index in [9.17, 15) is 9.59 Å². The molecule has 1 saturated heterocycles. The van der Waals surface area contributed by atoms with Crippen molar-refractivity contribution in [1.29, 1.82) is 0 Å². The maximum Gasteiger partial charge on any atom is 0.278 e. The van der Waals surface area contributed by atoms with Crippen LogP contribution < -0.4 is 5.56 Å². The summed E-state index contributed by atoms with van der Waals surface area (Å²) in [7, 11) is 0. The van der Waals surface area contributed by atoms with E-state index in [4.69, 9.17) is 0 Å². The van der Waals surface area contributed by atoms with Gasteiger partial charge in [0.25, 0.3) is 5.56 Å². The van der Waals surface area contributed by atoms with E-state index in [1.807, 2.05) is 29.2 Å². The van der Waals surface area contributed by atoms with E-state index in [0.29, 0.717) is 24.0 Å². The summed E-state index contributed by atoms with van der Waals surface area (Å²) in [5.74, 6) is -0.0961. The molecule has 1 aromatic heterocycles. The van der Waals surface area contributed by atoms with Crippen molar-refractivity contribution < 1.29 is 4.79 Å². The molecule has 1 aliphatic heterocycles. The summed E-state index contributed by atoms with van der Waals surface area (Å²) < 4.78 is 1.19. The highest BCUT2D eigenvalue weighted by atomic mass is 16.2. The normalized spacial score (nSPS) is 16.2. The third-order valence-corrected chi connectivity index (χ3v) is 5.47. The van der Waals surface area contributed by atoms with Gasteiger partial charge in [-0.3, -0.25) is 14.5 Å². The van der Waals surface area contributed by atoms with Gasteiger partial charge in [-0.15, -0.1) is 5.10 Å². The fourth-order valence-electron chi connectivity index (χ4n) is 3.68. The Hall–Kier alpha value is -3.32. The van der Waals surface area contributed by atoms with Gasteiger partial charge >= 0.3 is 0 Å². The van der Waals surface area contributed by atoms with Crippen molar-refractivity contribution in [1.82, 2.24) is 24.8 Å². The molecule has 1 atom stereocenters. The molecule has 1 unspecified atom stereocenters. The minimum absolute atomic E-state index is 0.0961. The highest BCUT2D eigenvalue weighted by Gasteiger charge is 2.27. The zero-order valence-corrected chi connectivity index (χ0v) is 17.0. The lowest BCUT2D eigenvalue weighted by Crippen LogP contribution is -2.51. The Kier molecular flexibility index (Phi) is 5.99. The Morgan fingerprint density at radius 1 is 1.03 bits per heavy atom. The number of hydrogen-bond donors (Lipinski definition) is 0. The topological polar surface area (TPSA) is 71.3 Å². The van der Waals surface area contributed by atoms with Gasteiger partial charge in [-0.25, -0.2) is 0 Å². The molecule has 0 aliphatic carbocycles. The average Bonchev–Trinajstić information content (AvgIpc) is 2.80. The van der Waals surface area contributed by atoms with Crippen LogP contribution in [0.2, 0.25) is 0 Å². The smallest absolute Gasteiger partial charge is 0.278 e. The molecule has 1 fully saturated rings. The Morgan fingerprint density at radius 2 is 1.73 bits per heavy atom. The van der Waals surface area contributed by atoms with E-state index in [1.165, 1.54) is 10.2 Å². The van der Waals surface area contributed by atoms with Crippen molar-refractivity contribution in [2.75, 3.05) is 32.7 Å². The first-order valence-corrected chi connectivity index (χ1v) is 10.2. The summed E-state index contributed by atoms with van der Waals surface area (Å²) in [6.45, 7) is 5.44. The van der Waals surface area contributed by atoms with E-state index >= 15 is 0 Å². The van der Waals surface area contributed by atoms with Crippen LogP contribution in [0.15, 0.2) is 65.5 Å². The number of carbonyl (C=O) groups is 1. The van der Waals surface area contributed by atoms with Gasteiger partial charge in [0, 0.05) is 32.7 Å². The van der Waals surface area contributed by atoms with Crippen molar-refractivity contribution in [3.05, 3.63) is 76.6 Å². The predicted octanol–water partition coefficient (Wildman–Crippen LogP) is 2.21. The summed E-state index contributed by atoms with van der Waals surface area (Å²) in [6, 6.07) is 16.6. The second-order valence-electron chi connectivity index (χ2n) is 7.47. The highest BCUT2D eigenvalue weighted by molar-refractivity contribution is 5.81. The number of aromatic nitrogens is 3. The number of fused-ring (bicyclic) bond motifs is 1. The van der Waals surface area contributed by atoms with Gasteiger partial charge < -0.3 is 4.90 Å². The third-order valence-electron chi connectivity index (χ3n) is 5.47. The molecule has 4 rings (SSSR count).